The van der Waals surface area contributed by atoms with Crippen LogP contribution in [0.25, 0.3) is 0 Å². The summed E-state index contributed by atoms with van der Waals surface area (Å²) in [6, 6.07) is 19.9. The highest BCUT2D eigenvalue weighted by molar-refractivity contribution is 9.10. The number of ketones is 1. The first-order valence-corrected chi connectivity index (χ1v) is 13.2. The number of nitrogens with zero attached hydrogens (tertiary/aromatic N) is 1. The number of rotatable bonds is 8. The van der Waals surface area contributed by atoms with Crippen LogP contribution in [0.15, 0.2) is 88.3 Å². The molecule has 1 unspecified atom stereocenters. The number of hydrogen-bond donors (Lipinski definition) is 0. The van der Waals surface area contributed by atoms with Gasteiger partial charge < -0.3 is 4.74 Å². The van der Waals surface area contributed by atoms with E-state index in [-0.39, 0.29) is 11.3 Å². The smallest absolute Gasteiger partial charge is 0.397 e. The van der Waals surface area contributed by atoms with Crippen LogP contribution in [0.2, 0.25) is 0 Å². The summed E-state index contributed by atoms with van der Waals surface area (Å²) in [5.74, 6) is -1.93. The molecule has 3 aromatic rings. The Hall–Kier alpha value is -3.26. The van der Waals surface area contributed by atoms with Crippen LogP contribution >= 0.6 is 15.9 Å². The Balaban J connectivity index is 2.24. The number of ether oxygens (including phenoxy) is 1. The van der Waals surface area contributed by atoms with E-state index < -0.39 is 41.4 Å². The molecule has 4 nitrogen and oxygen atoms in total. The first-order valence-electron chi connectivity index (χ1n) is 12.4. The molecule has 0 saturated heterocycles. The molecule has 0 saturated carbocycles. The summed E-state index contributed by atoms with van der Waals surface area (Å²) in [5.41, 5.74) is -1.79. The van der Waals surface area contributed by atoms with Crippen molar-refractivity contribution in [3.05, 3.63) is 106 Å². The Bertz CT molecular complexity index is 1310. The highest BCUT2D eigenvalue weighted by Gasteiger charge is 2.60. The van der Waals surface area contributed by atoms with Gasteiger partial charge in [0.15, 0.2) is 11.8 Å². The number of alkyl halides is 3. The van der Waals surface area contributed by atoms with Crippen LogP contribution < -0.4 is 0 Å². The Morgan fingerprint density at radius 3 is 1.79 bits per heavy atom. The van der Waals surface area contributed by atoms with Crippen LogP contribution in [0.4, 0.5) is 13.2 Å². The van der Waals surface area contributed by atoms with Crippen molar-refractivity contribution in [2.75, 3.05) is 0 Å². The van der Waals surface area contributed by atoms with E-state index in [1.807, 2.05) is 0 Å². The summed E-state index contributed by atoms with van der Waals surface area (Å²) in [6.45, 7) is 7.38. The number of benzene rings is 3. The highest BCUT2D eigenvalue weighted by Crippen LogP contribution is 2.47. The number of halogens is 4. The van der Waals surface area contributed by atoms with Gasteiger partial charge in [0.2, 0.25) is 0 Å². The van der Waals surface area contributed by atoms with Crippen molar-refractivity contribution < 1.29 is 27.5 Å². The summed E-state index contributed by atoms with van der Waals surface area (Å²) in [6.07, 6.45) is -5.98. The largest absolute Gasteiger partial charge is 0.458 e. The number of aryl methyl sites for hydroxylation is 1. The molecule has 3 rings (SSSR count). The van der Waals surface area contributed by atoms with E-state index in [0.717, 1.165) is 12.5 Å². The minimum Gasteiger partial charge on any atom is -0.458 e. The molecule has 0 aliphatic heterocycles. The zero-order valence-corrected chi connectivity index (χ0v) is 24.1. The second-order valence-corrected chi connectivity index (χ2v) is 11.5. The van der Waals surface area contributed by atoms with Crippen LogP contribution in [0, 0.1) is 12.3 Å². The van der Waals surface area contributed by atoms with Gasteiger partial charge in [0.1, 0.15) is 11.0 Å². The monoisotopic (exact) mass is 601 g/mol. The summed E-state index contributed by atoms with van der Waals surface area (Å²) in [7, 11) is 0. The van der Waals surface area contributed by atoms with E-state index in [1.54, 1.807) is 94.4 Å². The van der Waals surface area contributed by atoms with E-state index in [2.05, 4.69) is 20.9 Å². The van der Waals surface area contributed by atoms with Crippen molar-refractivity contribution in [1.29, 1.82) is 0 Å². The van der Waals surface area contributed by atoms with Gasteiger partial charge in [-0.2, -0.15) is 13.2 Å². The first-order chi connectivity index (χ1) is 18.1. The fourth-order valence-corrected chi connectivity index (χ4v) is 4.38. The van der Waals surface area contributed by atoms with Crippen molar-refractivity contribution in [2.24, 2.45) is 10.4 Å². The zero-order valence-electron chi connectivity index (χ0n) is 22.5. The molecule has 0 fully saturated rings. The van der Waals surface area contributed by atoms with Gasteiger partial charge in [0.05, 0.1) is 5.71 Å². The predicted octanol–water partition coefficient (Wildman–Crippen LogP) is 8.15. The van der Waals surface area contributed by atoms with E-state index in [0.29, 0.717) is 15.6 Å². The van der Waals surface area contributed by atoms with Gasteiger partial charge in [-0.05, 0) is 46.2 Å². The molecule has 39 heavy (non-hydrogen) atoms. The van der Waals surface area contributed by atoms with Gasteiger partial charge in [-0.1, -0.05) is 88.7 Å². The highest BCUT2D eigenvalue weighted by atomic mass is 79.9. The SMILES string of the molecule is Cc1ccc(C(=O)C[C@@](C)(C(N=C(c2ccccc2)c2ccccc2)C(=O)OC(C)(C)C)C(F)(F)F)cc1Br. The van der Waals surface area contributed by atoms with Crippen LogP contribution in [0.1, 0.15) is 61.2 Å². The summed E-state index contributed by atoms with van der Waals surface area (Å²) < 4.78 is 51.0. The molecule has 0 heterocycles. The summed E-state index contributed by atoms with van der Waals surface area (Å²) >= 11 is 3.33. The van der Waals surface area contributed by atoms with Crippen molar-refractivity contribution in [2.45, 2.75) is 58.9 Å². The molecule has 2 atom stereocenters. The molecule has 3 aromatic carbocycles. The molecule has 0 spiro atoms. The maximum Gasteiger partial charge on any atom is 0.397 e. The lowest BCUT2D eigenvalue weighted by Gasteiger charge is -2.37. The molecule has 0 radical (unpaired) electrons. The third kappa shape index (κ3) is 7.44. The maximum absolute atomic E-state index is 15.0. The normalized spacial score (nSPS) is 14.2. The third-order valence-corrected chi connectivity index (χ3v) is 7.11. The van der Waals surface area contributed by atoms with Gasteiger partial charge in [0, 0.05) is 27.6 Å². The maximum atomic E-state index is 15.0. The predicted molar refractivity (Wildman–Crippen MR) is 150 cm³/mol. The molecule has 0 aromatic heterocycles. The van der Waals surface area contributed by atoms with Crippen molar-refractivity contribution >= 4 is 33.4 Å². The number of aliphatic imine (C=N–C) groups is 1. The number of carbonyl (C=O) groups excluding carboxylic acids is 2. The number of esters is 1. The molecule has 8 heteroatoms. The van der Waals surface area contributed by atoms with E-state index >= 15 is 0 Å². The van der Waals surface area contributed by atoms with Gasteiger partial charge in [-0.3, -0.25) is 9.79 Å². The lowest BCUT2D eigenvalue weighted by Crippen LogP contribution is -2.51. The van der Waals surface area contributed by atoms with Gasteiger partial charge >= 0.3 is 12.1 Å². The molecule has 0 aliphatic carbocycles. The minimum absolute atomic E-state index is 0.0983. The third-order valence-electron chi connectivity index (χ3n) is 6.26. The van der Waals surface area contributed by atoms with Crippen LogP contribution in [0.3, 0.4) is 0 Å². The Kier molecular flexibility index (Phi) is 9.21. The summed E-state index contributed by atoms with van der Waals surface area (Å²) in [4.78, 5) is 31.3. The molecule has 206 valence electrons. The van der Waals surface area contributed by atoms with Crippen molar-refractivity contribution in [1.82, 2.24) is 0 Å². The van der Waals surface area contributed by atoms with Gasteiger partial charge in [0.25, 0.3) is 0 Å². The second-order valence-electron chi connectivity index (χ2n) is 10.6. The average molecular weight is 602 g/mol. The lowest BCUT2D eigenvalue weighted by molar-refractivity contribution is -0.229. The average Bonchev–Trinajstić information content (AvgIpc) is 2.85. The Morgan fingerprint density at radius 1 is 0.846 bits per heavy atom. The fraction of sp³-hybridized carbons (Fsp3) is 0.323. The minimum atomic E-state index is -4.98. The number of hydrogen-bond acceptors (Lipinski definition) is 4. The van der Waals surface area contributed by atoms with E-state index in [1.165, 1.54) is 12.1 Å². The number of carbonyl (C=O) groups is 2. The molecular weight excluding hydrogens is 571 g/mol. The van der Waals surface area contributed by atoms with Gasteiger partial charge in [-0.25, -0.2) is 4.79 Å². The van der Waals surface area contributed by atoms with Gasteiger partial charge in [-0.15, -0.1) is 0 Å². The van der Waals surface area contributed by atoms with Crippen molar-refractivity contribution in [3.8, 4) is 0 Å². The Morgan fingerprint density at radius 2 is 1.36 bits per heavy atom. The lowest BCUT2D eigenvalue weighted by atomic mass is 9.75. The van der Waals surface area contributed by atoms with E-state index in [4.69, 9.17) is 4.74 Å². The fourth-order valence-electron chi connectivity index (χ4n) is 4.00. The standard InChI is InChI=1S/C31H31BrF3NO3/c1-20-16-17-23(18-24(20)32)25(37)19-30(5,31(33,34)35)27(28(38)39-29(2,3)4)36-26(21-12-8-6-9-13-21)22-14-10-7-11-15-22/h6-18,27H,19H2,1-5H3/t27?,30-/m0/s1. The number of Topliss-reactive ketones (excluding diaryl/α,β-unsaturated/α-hetero) is 1. The van der Waals surface area contributed by atoms with Crippen LogP contribution in [-0.4, -0.2) is 35.3 Å². The van der Waals surface area contributed by atoms with Crippen LogP contribution in [0.5, 0.6) is 0 Å². The van der Waals surface area contributed by atoms with E-state index in [9.17, 15) is 22.8 Å². The zero-order chi connectivity index (χ0) is 29.0. The topological polar surface area (TPSA) is 55.7 Å². The molecule has 0 bridgehead atoms. The first kappa shape index (κ1) is 30.3. The molecule has 0 amide bonds. The second kappa shape index (κ2) is 11.9. The summed E-state index contributed by atoms with van der Waals surface area (Å²) in [5, 5.41) is 0. The van der Waals surface area contributed by atoms with Crippen LogP contribution in [-0.2, 0) is 9.53 Å². The van der Waals surface area contributed by atoms with Crippen molar-refractivity contribution in [3.63, 3.8) is 0 Å². The molecule has 0 aliphatic rings. The molecular formula is C31H31BrF3NO3. The quantitative estimate of drug-likeness (QED) is 0.149. The molecule has 0 N–H and O–H groups in total. The Labute approximate surface area is 235 Å².